The van der Waals surface area contributed by atoms with Crippen LogP contribution in [0.15, 0.2) is 22.8 Å². The van der Waals surface area contributed by atoms with Crippen molar-refractivity contribution in [1.29, 1.82) is 0 Å². The highest BCUT2D eigenvalue weighted by Gasteiger charge is 2.33. The first-order valence-corrected chi connectivity index (χ1v) is 8.79. The van der Waals surface area contributed by atoms with Crippen LogP contribution in [0.3, 0.4) is 0 Å². The topological polar surface area (TPSA) is 67.1 Å². The molecule has 0 aliphatic rings. The summed E-state index contributed by atoms with van der Waals surface area (Å²) in [5, 5.41) is 11.8. The Balaban J connectivity index is 0.00000338. The van der Waals surface area contributed by atoms with Crippen LogP contribution < -0.4 is 10.6 Å². The number of guanidine groups is 1. The van der Waals surface area contributed by atoms with Gasteiger partial charge in [0.15, 0.2) is 11.7 Å². The summed E-state index contributed by atoms with van der Waals surface area (Å²) in [6.07, 6.45) is 0.218. The molecular formula is C15H22F3IN6S. The lowest BCUT2D eigenvalue weighted by molar-refractivity contribution is -0.140. The fraction of sp³-hybridized carbons (Fsp3) is 0.533. The van der Waals surface area contributed by atoms with E-state index in [4.69, 9.17) is 0 Å². The minimum atomic E-state index is -4.41. The lowest BCUT2D eigenvalue weighted by Gasteiger charge is -2.11. The minimum absolute atomic E-state index is 0. The number of alkyl halides is 3. The zero-order valence-electron chi connectivity index (χ0n) is 14.5. The fourth-order valence-corrected chi connectivity index (χ4v) is 2.76. The van der Waals surface area contributed by atoms with Crippen molar-refractivity contribution in [3.63, 3.8) is 0 Å². The first kappa shape index (κ1) is 22.7. The van der Waals surface area contributed by atoms with Crippen molar-refractivity contribution < 1.29 is 13.2 Å². The number of rotatable bonds is 7. The SMILES string of the molecule is CCNC(=NCc1nc(C(F)(F)F)cs1)NCCCn1cc(C)cn1.I. The Morgan fingerprint density at radius 1 is 1.35 bits per heavy atom. The van der Waals surface area contributed by atoms with E-state index in [0.717, 1.165) is 35.2 Å². The number of hydrogen-bond acceptors (Lipinski definition) is 4. The van der Waals surface area contributed by atoms with E-state index >= 15 is 0 Å². The smallest absolute Gasteiger partial charge is 0.357 e. The molecule has 0 aliphatic heterocycles. The van der Waals surface area contributed by atoms with Gasteiger partial charge in [0.2, 0.25) is 0 Å². The number of thiazole rings is 1. The van der Waals surface area contributed by atoms with Crippen LogP contribution in [0.4, 0.5) is 13.2 Å². The van der Waals surface area contributed by atoms with Crippen LogP contribution >= 0.6 is 35.3 Å². The molecule has 6 nitrogen and oxygen atoms in total. The molecular weight excluding hydrogens is 480 g/mol. The van der Waals surface area contributed by atoms with Crippen LogP contribution in [-0.2, 0) is 19.3 Å². The maximum atomic E-state index is 12.5. The van der Waals surface area contributed by atoms with Crippen LogP contribution in [0.1, 0.15) is 29.6 Å². The van der Waals surface area contributed by atoms with Crippen LogP contribution in [0.25, 0.3) is 0 Å². The Kier molecular flexibility index (Phi) is 9.33. The second-order valence-electron chi connectivity index (χ2n) is 5.38. The van der Waals surface area contributed by atoms with Gasteiger partial charge in [-0.25, -0.2) is 9.98 Å². The van der Waals surface area contributed by atoms with Crippen LogP contribution in [0.5, 0.6) is 0 Å². The first-order chi connectivity index (χ1) is 11.9. The molecule has 0 spiro atoms. The van der Waals surface area contributed by atoms with E-state index < -0.39 is 11.9 Å². The second-order valence-corrected chi connectivity index (χ2v) is 6.32. The molecule has 146 valence electrons. The lowest BCUT2D eigenvalue weighted by atomic mass is 10.4. The molecule has 0 unspecified atom stereocenters. The van der Waals surface area contributed by atoms with Gasteiger partial charge in [0.25, 0.3) is 0 Å². The quantitative estimate of drug-likeness (QED) is 0.264. The Labute approximate surface area is 171 Å². The van der Waals surface area contributed by atoms with Crippen molar-refractivity contribution in [2.75, 3.05) is 13.1 Å². The average Bonchev–Trinajstić information content (AvgIpc) is 3.17. The van der Waals surface area contributed by atoms with Gasteiger partial charge in [0, 0.05) is 31.2 Å². The number of hydrogen-bond donors (Lipinski definition) is 2. The van der Waals surface area contributed by atoms with E-state index in [1.54, 1.807) is 0 Å². The maximum Gasteiger partial charge on any atom is 0.434 e. The standard InChI is InChI=1S/C15H21F3N6S.HI/c1-3-19-14(20-5-4-6-24-9-11(2)7-22-24)21-8-13-23-12(10-25-13)15(16,17)18;/h7,9-10H,3-6,8H2,1-2H3,(H2,19,20,21);1H. The Morgan fingerprint density at radius 3 is 2.69 bits per heavy atom. The number of nitrogens with one attached hydrogen (secondary N) is 2. The van der Waals surface area contributed by atoms with Crippen molar-refractivity contribution in [3.8, 4) is 0 Å². The van der Waals surface area contributed by atoms with Crippen molar-refractivity contribution in [2.45, 2.75) is 39.5 Å². The van der Waals surface area contributed by atoms with Gasteiger partial charge < -0.3 is 10.6 Å². The fourth-order valence-electron chi connectivity index (χ4n) is 2.04. The first-order valence-electron chi connectivity index (χ1n) is 7.91. The third-order valence-electron chi connectivity index (χ3n) is 3.18. The maximum absolute atomic E-state index is 12.5. The molecule has 2 N–H and O–H groups in total. The summed E-state index contributed by atoms with van der Waals surface area (Å²) in [6, 6.07) is 0. The van der Waals surface area contributed by atoms with E-state index in [2.05, 4.69) is 25.7 Å². The molecule has 11 heteroatoms. The zero-order chi connectivity index (χ0) is 18.3. The van der Waals surface area contributed by atoms with Gasteiger partial charge in [0.1, 0.15) is 5.01 Å². The van der Waals surface area contributed by atoms with E-state index in [0.29, 0.717) is 24.1 Å². The van der Waals surface area contributed by atoms with Crippen molar-refractivity contribution >= 4 is 41.3 Å². The average molecular weight is 502 g/mol. The van der Waals surface area contributed by atoms with Crippen LogP contribution in [0, 0.1) is 6.92 Å². The number of aliphatic imine (C=N–C) groups is 1. The molecule has 0 radical (unpaired) electrons. The van der Waals surface area contributed by atoms with Gasteiger partial charge in [0.05, 0.1) is 12.7 Å². The highest BCUT2D eigenvalue weighted by molar-refractivity contribution is 14.0. The van der Waals surface area contributed by atoms with Gasteiger partial charge in [-0.3, -0.25) is 4.68 Å². The molecule has 26 heavy (non-hydrogen) atoms. The molecule has 0 atom stereocenters. The summed E-state index contributed by atoms with van der Waals surface area (Å²) < 4.78 is 39.5. The van der Waals surface area contributed by atoms with Gasteiger partial charge in [-0.15, -0.1) is 35.3 Å². The summed E-state index contributed by atoms with van der Waals surface area (Å²) >= 11 is 0.959. The molecule has 0 saturated carbocycles. The number of nitrogens with zero attached hydrogens (tertiary/aromatic N) is 4. The lowest BCUT2D eigenvalue weighted by Crippen LogP contribution is -2.38. The predicted octanol–water partition coefficient (Wildman–Crippen LogP) is 3.43. The van der Waals surface area contributed by atoms with Crippen LogP contribution in [0.2, 0.25) is 0 Å². The van der Waals surface area contributed by atoms with E-state index in [9.17, 15) is 13.2 Å². The van der Waals surface area contributed by atoms with Crippen molar-refractivity contribution in [1.82, 2.24) is 25.4 Å². The van der Waals surface area contributed by atoms with E-state index in [-0.39, 0.29) is 30.5 Å². The molecule has 2 aromatic heterocycles. The number of aryl methyl sites for hydroxylation is 2. The predicted molar refractivity (Wildman–Crippen MR) is 107 cm³/mol. The summed E-state index contributed by atoms with van der Waals surface area (Å²) in [6.45, 7) is 6.14. The van der Waals surface area contributed by atoms with Gasteiger partial charge in [-0.2, -0.15) is 18.3 Å². The van der Waals surface area contributed by atoms with Gasteiger partial charge >= 0.3 is 6.18 Å². The molecule has 2 aromatic rings. The molecule has 0 aliphatic carbocycles. The molecule has 2 heterocycles. The van der Waals surface area contributed by atoms with E-state index in [1.807, 2.05) is 30.9 Å². The van der Waals surface area contributed by atoms with Gasteiger partial charge in [-0.1, -0.05) is 0 Å². The number of aromatic nitrogens is 3. The Morgan fingerprint density at radius 2 is 2.12 bits per heavy atom. The van der Waals surface area contributed by atoms with E-state index in [1.165, 1.54) is 0 Å². The summed E-state index contributed by atoms with van der Waals surface area (Å²) in [7, 11) is 0. The third kappa shape index (κ3) is 7.48. The monoisotopic (exact) mass is 502 g/mol. The Bertz CT molecular complexity index is 698. The molecule has 0 saturated heterocycles. The third-order valence-corrected chi connectivity index (χ3v) is 4.01. The molecule has 0 bridgehead atoms. The highest BCUT2D eigenvalue weighted by atomic mass is 127. The molecule has 2 rings (SSSR count). The largest absolute Gasteiger partial charge is 0.434 e. The zero-order valence-corrected chi connectivity index (χ0v) is 17.7. The summed E-state index contributed by atoms with van der Waals surface area (Å²) in [5.41, 5.74) is 0.250. The second kappa shape index (κ2) is 10.7. The number of halogens is 4. The summed E-state index contributed by atoms with van der Waals surface area (Å²) in [4.78, 5) is 7.85. The highest BCUT2D eigenvalue weighted by Crippen LogP contribution is 2.30. The van der Waals surface area contributed by atoms with Crippen molar-refractivity contribution in [3.05, 3.63) is 34.0 Å². The minimum Gasteiger partial charge on any atom is -0.357 e. The normalized spacial score (nSPS) is 12.0. The van der Waals surface area contributed by atoms with Crippen LogP contribution in [-0.4, -0.2) is 33.8 Å². The Hall–Kier alpha value is -1.37. The molecule has 0 aromatic carbocycles. The van der Waals surface area contributed by atoms with Gasteiger partial charge in [-0.05, 0) is 25.8 Å². The van der Waals surface area contributed by atoms with Crippen molar-refractivity contribution in [2.24, 2.45) is 4.99 Å². The molecule has 0 amide bonds. The molecule has 0 fully saturated rings. The summed E-state index contributed by atoms with van der Waals surface area (Å²) in [5.74, 6) is 0.558.